The lowest BCUT2D eigenvalue weighted by molar-refractivity contribution is -0.119. The fourth-order valence-corrected chi connectivity index (χ4v) is 3.81. The summed E-state index contributed by atoms with van der Waals surface area (Å²) >= 11 is 0. The van der Waals surface area contributed by atoms with E-state index in [0.717, 1.165) is 25.1 Å². The second kappa shape index (κ2) is 8.44. The summed E-state index contributed by atoms with van der Waals surface area (Å²) in [6.07, 6.45) is 1.79. The van der Waals surface area contributed by atoms with Crippen molar-refractivity contribution in [2.45, 2.75) is 25.8 Å². The van der Waals surface area contributed by atoms with Crippen LogP contribution in [0.3, 0.4) is 0 Å². The summed E-state index contributed by atoms with van der Waals surface area (Å²) in [4.78, 5) is 38.9. The largest absolute Gasteiger partial charge is 0.492 e. The fraction of sp³-hybridized carbons (Fsp3) is 0.318. The van der Waals surface area contributed by atoms with E-state index < -0.39 is 18.5 Å². The molecule has 2 aliphatic rings. The van der Waals surface area contributed by atoms with Gasteiger partial charge in [0.1, 0.15) is 11.8 Å². The molecule has 0 spiro atoms. The molecular weight excluding hydrogens is 386 g/mol. The van der Waals surface area contributed by atoms with Gasteiger partial charge in [-0.05, 0) is 50.1 Å². The molecule has 0 saturated carbocycles. The highest BCUT2D eigenvalue weighted by atomic mass is 16.5. The number of nitrogens with zero attached hydrogens (tertiary/aromatic N) is 1. The number of para-hydroxylation sites is 2. The minimum atomic E-state index is -0.635. The van der Waals surface area contributed by atoms with Crippen LogP contribution in [0.5, 0.6) is 5.75 Å². The first kappa shape index (κ1) is 19.8. The predicted molar refractivity (Wildman–Crippen MR) is 112 cm³/mol. The second-order valence-electron chi connectivity index (χ2n) is 7.13. The molecular formula is C22H23N3O5. The van der Waals surface area contributed by atoms with Gasteiger partial charge in [0.15, 0.2) is 6.61 Å². The number of nitrogens with one attached hydrogen (secondary N) is 2. The maximum Gasteiger partial charge on any atom is 0.338 e. The average Bonchev–Trinajstić information content (AvgIpc) is 3.24. The molecule has 30 heavy (non-hydrogen) atoms. The van der Waals surface area contributed by atoms with Gasteiger partial charge in [-0.15, -0.1) is 0 Å². The molecule has 0 aliphatic carbocycles. The molecule has 2 heterocycles. The Morgan fingerprint density at radius 3 is 2.90 bits per heavy atom. The monoisotopic (exact) mass is 409 g/mol. The summed E-state index contributed by atoms with van der Waals surface area (Å²) in [5.41, 5.74) is 2.27. The van der Waals surface area contributed by atoms with Crippen molar-refractivity contribution in [1.82, 2.24) is 0 Å². The topological polar surface area (TPSA) is 97.0 Å². The van der Waals surface area contributed by atoms with Gasteiger partial charge in [-0.3, -0.25) is 9.59 Å². The van der Waals surface area contributed by atoms with E-state index in [1.54, 1.807) is 36.4 Å². The number of rotatable bonds is 6. The number of esters is 1. The van der Waals surface area contributed by atoms with E-state index in [-0.39, 0.29) is 17.5 Å². The Bertz CT molecular complexity index is 990. The van der Waals surface area contributed by atoms with Gasteiger partial charge in [0.05, 0.1) is 29.2 Å². The molecule has 0 bridgehead atoms. The van der Waals surface area contributed by atoms with Gasteiger partial charge in [-0.25, -0.2) is 4.79 Å². The quantitative estimate of drug-likeness (QED) is 0.712. The number of hydrogen-bond acceptors (Lipinski definition) is 6. The number of benzene rings is 2. The minimum absolute atomic E-state index is 0.0575. The van der Waals surface area contributed by atoms with Crippen molar-refractivity contribution < 1.29 is 23.9 Å². The number of amides is 2. The summed E-state index contributed by atoms with van der Waals surface area (Å²) in [5, 5.41) is 5.54. The molecule has 2 N–H and O–H groups in total. The summed E-state index contributed by atoms with van der Waals surface area (Å²) in [5.74, 6) is -0.617. The van der Waals surface area contributed by atoms with Gasteiger partial charge in [0.2, 0.25) is 5.91 Å². The van der Waals surface area contributed by atoms with Gasteiger partial charge >= 0.3 is 5.97 Å². The SMILES string of the molecule is CCOc1ccccc1NC(=O)COC(=O)c1ccc2c(c1)NC(=O)[C@@H]1CCCN21. The highest BCUT2D eigenvalue weighted by Gasteiger charge is 2.36. The van der Waals surface area contributed by atoms with Crippen molar-refractivity contribution in [3.05, 3.63) is 48.0 Å². The van der Waals surface area contributed by atoms with E-state index >= 15 is 0 Å². The highest BCUT2D eigenvalue weighted by Crippen LogP contribution is 2.37. The minimum Gasteiger partial charge on any atom is -0.492 e. The van der Waals surface area contributed by atoms with Crippen LogP contribution in [0.15, 0.2) is 42.5 Å². The molecule has 156 valence electrons. The van der Waals surface area contributed by atoms with Crippen molar-refractivity contribution in [1.29, 1.82) is 0 Å². The van der Waals surface area contributed by atoms with Crippen molar-refractivity contribution in [3.63, 3.8) is 0 Å². The maximum atomic E-state index is 12.4. The van der Waals surface area contributed by atoms with Crippen LogP contribution in [0.4, 0.5) is 17.1 Å². The molecule has 0 unspecified atom stereocenters. The number of hydrogen-bond donors (Lipinski definition) is 2. The number of carbonyl (C=O) groups excluding carboxylic acids is 3. The van der Waals surface area contributed by atoms with Crippen LogP contribution in [-0.4, -0.2) is 43.6 Å². The van der Waals surface area contributed by atoms with E-state index in [9.17, 15) is 14.4 Å². The molecule has 0 radical (unpaired) electrons. The Morgan fingerprint density at radius 2 is 2.07 bits per heavy atom. The predicted octanol–water partition coefficient (Wildman–Crippen LogP) is 2.80. The molecule has 1 atom stereocenters. The van der Waals surface area contributed by atoms with E-state index in [0.29, 0.717) is 23.7 Å². The highest BCUT2D eigenvalue weighted by molar-refractivity contribution is 6.05. The molecule has 1 fully saturated rings. The standard InChI is InChI=1S/C22H23N3O5/c1-2-29-19-8-4-3-6-15(19)23-20(26)13-30-22(28)14-9-10-17-16(12-14)24-21(27)18-7-5-11-25(17)18/h3-4,6,8-10,12,18H,2,5,7,11,13H2,1H3,(H,23,26)(H,24,27)/t18-/m0/s1. The van der Waals surface area contributed by atoms with Crippen LogP contribution >= 0.6 is 0 Å². The normalized spacial score (nSPS) is 16.9. The van der Waals surface area contributed by atoms with Crippen molar-refractivity contribution in [3.8, 4) is 5.75 Å². The Hall–Kier alpha value is -3.55. The van der Waals surface area contributed by atoms with Gasteiger partial charge < -0.3 is 25.0 Å². The van der Waals surface area contributed by atoms with Crippen molar-refractivity contribution in [2.24, 2.45) is 0 Å². The van der Waals surface area contributed by atoms with Crippen LogP contribution in [0.1, 0.15) is 30.1 Å². The molecule has 4 rings (SSSR count). The van der Waals surface area contributed by atoms with Gasteiger partial charge in [-0.2, -0.15) is 0 Å². The van der Waals surface area contributed by atoms with E-state index in [1.165, 1.54) is 0 Å². The van der Waals surface area contributed by atoms with Crippen LogP contribution < -0.4 is 20.3 Å². The molecule has 1 saturated heterocycles. The van der Waals surface area contributed by atoms with Crippen molar-refractivity contribution in [2.75, 3.05) is 35.3 Å². The molecule has 8 heteroatoms. The van der Waals surface area contributed by atoms with E-state index in [4.69, 9.17) is 9.47 Å². The van der Waals surface area contributed by atoms with Crippen LogP contribution in [0, 0.1) is 0 Å². The van der Waals surface area contributed by atoms with E-state index in [2.05, 4.69) is 15.5 Å². The Labute approximate surface area is 174 Å². The smallest absolute Gasteiger partial charge is 0.338 e. The first-order valence-electron chi connectivity index (χ1n) is 9.97. The Kier molecular flexibility index (Phi) is 5.56. The van der Waals surface area contributed by atoms with Crippen molar-refractivity contribution >= 4 is 34.8 Å². The van der Waals surface area contributed by atoms with Gasteiger partial charge in [0, 0.05) is 6.54 Å². The third-order valence-electron chi connectivity index (χ3n) is 5.15. The van der Waals surface area contributed by atoms with Gasteiger partial charge in [-0.1, -0.05) is 12.1 Å². The Balaban J connectivity index is 1.38. The zero-order valence-corrected chi connectivity index (χ0v) is 16.6. The molecule has 2 aromatic carbocycles. The van der Waals surface area contributed by atoms with Crippen LogP contribution in [-0.2, 0) is 14.3 Å². The summed E-state index contributed by atoms with van der Waals surface area (Å²) in [6.45, 7) is 2.70. The summed E-state index contributed by atoms with van der Waals surface area (Å²) in [7, 11) is 0. The lowest BCUT2D eigenvalue weighted by Crippen LogP contribution is -2.43. The maximum absolute atomic E-state index is 12.4. The molecule has 0 aromatic heterocycles. The summed E-state index contributed by atoms with van der Waals surface area (Å²) < 4.78 is 10.6. The number of ether oxygens (including phenoxy) is 2. The van der Waals surface area contributed by atoms with Gasteiger partial charge in [0.25, 0.3) is 5.91 Å². The van der Waals surface area contributed by atoms with Crippen LogP contribution in [0.2, 0.25) is 0 Å². The fourth-order valence-electron chi connectivity index (χ4n) is 3.81. The zero-order chi connectivity index (χ0) is 21.1. The molecule has 2 aliphatic heterocycles. The average molecular weight is 409 g/mol. The lowest BCUT2D eigenvalue weighted by atomic mass is 10.1. The van der Waals surface area contributed by atoms with Crippen LogP contribution in [0.25, 0.3) is 0 Å². The first-order valence-corrected chi connectivity index (χ1v) is 9.97. The zero-order valence-electron chi connectivity index (χ0n) is 16.6. The lowest BCUT2D eigenvalue weighted by Gasteiger charge is -2.33. The third-order valence-corrected chi connectivity index (χ3v) is 5.15. The Morgan fingerprint density at radius 1 is 1.23 bits per heavy atom. The molecule has 8 nitrogen and oxygen atoms in total. The second-order valence-corrected chi connectivity index (χ2v) is 7.13. The summed E-state index contributed by atoms with van der Waals surface area (Å²) in [6, 6.07) is 11.9. The van der Waals surface area contributed by atoms with E-state index in [1.807, 2.05) is 13.0 Å². The number of anilines is 3. The third kappa shape index (κ3) is 3.94. The molecule has 2 amide bonds. The molecule has 2 aromatic rings. The number of carbonyl (C=O) groups is 3. The first-order chi connectivity index (χ1) is 14.6. The number of fused-ring (bicyclic) bond motifs is 3.